The predicted octanol–water partition coefficient (Wildman–Crippen LogP) is 0.747. The van der Waals surface area contributed by atoms with Gasteiger partial charge in [-0.2, -0.15) is 0 Å². The number of nitro groups is 1. The van der Waals surface area contributed by atoms with E-state index in [9.17, 15) is 14.9 Å². The van der Waals surface area contributed by atoms with Gasteiger partial charge in [0.05, 0.1) is 11.0 Å². The van der Waals surface area contributed by atoms with E-state index >= 15 is 0 Å². The van der Waals surface area contributed by atoms with Crippen LogP contribution in [0.1, 0.15) is 17.3 Å². The highest BCUT2D eigenvalue weighted by atomic mass is 16.6. The van der Waals surface area contributed by atoms with E-state index < -0.39 is 11.0 Å². The van der Waals surface area contributed by atoms with Gasteiger partial charge in [0.1, 0.15) is 5.69 Å². The van der Waals surface area contributed by atoms with Crippen LogP contribution in [0.3, 0.4) is 0 Å². The molecule has 1 unspecified atom stereocenters. The molecule has 3 N–H and O–H groups in total. The van der Waals surface area contributed by atoms with Crippen LogP contribution in [-0.2, 0) is 0 Å². The highest BCUT2D eigenvalue weighted by Crippen LogP contribution is 2.25. The molecule has 0 spiro atoms. The van der Waals surface area contributed by atoms with Crippen LogP contribution >= 0.6 is 0 Å². The van der Waals surface area contributed by atoms with Gasteiger partial charge in [-0.3, -0.25) is 14.9 Å². The van der Waals surface area contributed by atoms with Gasteiger partial charge in [0.15, 0.2) is 0 Å². The van der Waals surface area contributed by atoms with Crippen LogP contribution in [0.25, 0.3) is 0 Å². The summed E-state index contributed by atoms with van der Waals surface area (Å²) < 4.78 is 0. The second kappa shape index (κ2) is 5.97. The van der Waals surface area contributed by atoms with Gasteiger partial charge in [-0.05, 0) is 19.1 Å². The number of anilines is 1. The number of benzene rings is 1. The van der Waals surface area contributed by atoms with Gasteiger partial charge in [-0.1, -0.05) is 0 Å². The number of amides is 1. The zero-order chi connectivity index (χ0) is 13.7. The number of aliphatic hydroxyl groups excluding tert-OH is 1. The molecule has 0 aliphatic heterocycles. The Morgan fingerprint density at radius 3 is 2.72 bits per heavy atom. The largest absolute Gasteiger partial charge is 0.392 e. The molecule has 0 saturated carbocycles. The minimum Gasteiger partial charge on any atom is -0.392 e. The molecule has 1 rings (SSSR count). The van der Waals surface area contributed by atoms with Gasteiger partial charge in [0.25, 0.3) is 11.6 Å². The van der Waals surface area contributed by atoms with Gasteiger partial charge in [0.2, 0.25) is 0 Å². The van der Waals surface area contributed by atoms with Crippen LogP contribution in [0.2, 0.25) is 0 Å². The number of nitrogens with one attached hydrogen (secondary N) is 2. The summed E-state index contributed by atoms with van der Waals surface area (Å²) in [5.74, 6) is -0.389. The summed E-state index contributed by atoms with van der Waals surface area (Å²) in [6.07, 6.45) is -0.622. The van der Waals surface area contributed by atoms with Crippen molar-refractivity contribution in [3.05, 3.63) is 33.9 Å². The first-order valence-corrected chi connectivity index (χ1v) is 5.38. The Morgan fingerprint density at radius 2 is 2.22 bits per heavy atom. The summed E-state index contributed by atoms with van der Waals surface area (Å²) in [5, 5.41) is 25.2. The minimum absolute atomic E-state index is 0.195. The van der Waals surface area contributed by atoms with Crippen LogP contribution < -0.4 is 10.6 Å². The number of aliphatic hydroxyl groups is 1. The fourth-order valence-electron chi connectivity index (χ4n) is 1.38. The van der Waals surface area contributed by atoms with Crippen LogP contribution in [0.15, 0.2) is 18.2 Å². The van der Waals surface area contributed by atoms with E-state index in [-0.39, 0.29) is 29.4 Å². The number of hydrogen-bond donors (Lipinski definition) is 3. The Morgan fingerprint density at radius 1 is 1.56 bits per heavy atom. The Hall–Kier alpha value is -2.15. The lowest BCUT2D eigenvalue weighted by molar-refractivity contribution is -0.384. The highest BCUT2D eigenvalue weighted by molar-refractivity contribution is 5.95. The van der Waals surface area contributed by atoms with E-state index in [1.54, 1.807) is 6.92 Å². The van der Waals surface area contributed by atoms with Crippen LogP contribution in [0.4, 0.5) is 11.4 Å². The third-order valence-electron chi connectivity index (χ3n) is 2.27. The first kappa shape index (κ1) is 13.9. The Labute approximate surface area is 104 Å². The molecule has 0 radical (unpaired) electrons. The molecular weight excluding hydrogens is 238 g/mol. The quantitative estimate of drug-likeness (QED) is 0.530. The molecule has 0 bridgehead atoms. The molecule has 0 aromatic heterocycles. The maximum absolute atomic E-state index is 11.4. The highest BCUT2D eigenvalue weighted by Gasteiger charge is 2.17. The summed E-state index contributed by atoms with van der Waals surface area (Å²) in [6.45, 7) is 1.76. The monoisotopic (exact) mass is 253 g/mol. The number of carbonyl (C=O) groups excluding carboxylic acids is 1. The molecule has 7 nitrogen and oxygen atoms in total. The summed E-state index contributed by atoms with van der Waals surface area (Å²) in [5.41, 5.74) is 0.289. The predicted molar refractivity (Wildman–Crippen MR) is 66.7 cm³/mol. The molecule has 1 aromatic rings. The Balaban J connectivity index is 3.04. The summed E-state index contributed by atoms with van der Waals surface area (Å²) in [4.78, 5) is 21.7. The maximum Gasteiger partial charge on any atom is 0.293 e. The Bertz CT molecular complexity index is 460. The Kier molecular flexibility index (Phi) is 4.61. The average Bonchev–Trinajstić information content (AvgIpc) is 2.34. The van der Waals surface area contributed by atoms with Crippen molar-refractivity contribution in [1.29, 1.82) is 0 Å². The van der Waals surface area contributed by atoms with Gasteiger partial charge in [0, 0.05) is 25.2 Å². The van der Waals surface area contributed by atoms with Crippen LogP contribution in [-0.4, -0.2) is 35.6 Å². The fraction of sp³-hybridized carbons (Fsp3) is 0.364. The van der Waals surface area contributed by atoms with Gasteiger partial charge >= 0.3 is 0 Å². The number of hydrogen-bond acceptors (Lipinski definition) is 5. The molecule has 7 heteroatoms. The van der Waals surface area contributed by atoms with Crippen LogP contribution in [0, 0.1) is 10.1 Å². The van der Waals surface area contributed by atoms with Crippen molar-refractivity contribution in [2.24, 2.45) is 0 Å². The standard InChI is InChI=1S/C11H15N3O4/c1-7(15)6-13-9-4-3-8(11(16)12-2)5-10(9)14(17)18/h3-5,7,13,15H,6H2,1-2H3,(H,12,16). The minimum atomic E-state index is -0.622. The van der Waals surface area contributed by atoms with Crippen molar-refractivity contribution in [3.63, 3.8) is 0 Å². The lowest BCUT2D eigenvalue weighted by Crippen LogP contribution is -2.19. The topological polar surface area (TPSA) is 104 Å². The fourth-order valence-corrected chi connectivity index (χ4v) is 1.38. The molecule has 0 aliphatic carbocycles. The van der Waals surface area contributed by atoms with Gasteiger partial charge in [-0.25, -0.2) is 0 Å². The SMILES string of the molecule is CNC(=O)c1ccc(NCC(C)O)c([N+](=O)[O-])c1. The molecule has 1 atom stereocenters. The molecule has 0 heterocycles. The molecule has 98 valence electrons. The smallest absolute Gasteiger partial charge is 0.293 e. The summed E-state index contributed by atoms with van der Waals surface area (Å²) in [6, 6.07) is 4.13. The van der Waals surface area contributed by atoms with E-state index in [4.69, 9.17) is 5.11 Å². The molecule has 1 aromatic carbocycles. The van der Waals surface area contributed by atoms with Gasteiger partial charge < -0.3 is 15.7 Å². The number of carbonyl (C=O) groups is 1. The van der Waals surface area contributed by atoms with Crippen molar-refractivity contribution >= 4 is 17.3 Å². The van der Waals surface area contributed by atoms with Gasteiger partial charge in [-0.15, -0.1) is 0 Å². The van der Waals surface area contributed by atoms with Crippen molar-refractivity contribution in [2.45, 2.75) is 13.0 Å². The molecule has 0 aliphatic rings. The molecule has 0 saturated heterocycles. The van der Waals surface area contributed by atoms with Crippen LogP contribution in [0.5, 0.6) is 0 Å². The second-order valence-corrected chi connectivity index (χ2v) is 3.80. The summed E-state index contributed by atoms with van der Waals surface area (Å²) in [7, 11) is 1.45. The first-order valence-electron chi connectivity index (χ1n) is 5.38. The third-order valence-corrected chi connectivity index (χ3v) is 2.27. The number of nitrogens with zero attached hydrogens (tertiary/aromatic N) is 1. The van der Waals surface area contributed by atoms with E-state index in [0.717, 1.165) is 0 Å². The molecule has 18 heavy (non-hydrogen) atoms. The molecule has 1 amide bonds. The second-order valence-electron chi connectivity index (χ2n) is 3.80. The lowest BCUT2D eigenvalue weighted by Gasteiger charge is -2.09. The molecular formula is C11H15N3O4. The third kappa shape index (κ3) is 3.42. The first-order chi connectivity index (χ1) is 8.45. The maximum atomic E-state index is 11.4. The zero-order valence-electron chi connectivity index (χ0n) is 10.1. The lowest BCUT2D eigenvalue weighted by atomic mass is 10.1. The van der Waals surface area contributed by atoms with Crippen molar-refractivity contribution in [1.82, 2.24) is 5.32 Å². The van der Waals surface area contributed by atoms with E-state index in [2.05, 4.69) is 10.6 Å². The van der Waals surface area contributed by atoms with Crippen molar-refractivity contribution < 1.29 is 14.8 Å². The zero-order valence-corrected chi connectivity index (χ0v) is 10.1. The number of nitro benzene ring substituents is 1. The summed E-state index contributed by atoms with van der Waals surface area (Å²) >= 11 is 0. The average molecular weight is 253 g/mol. The van der Waals surface area contributed by atoms with E-state index in [0.29, 0.717) is 0 Å². The van der Waals surface area contributed by atoms with Crippen molar-refractivity contribution in [3.8, 4) is 0 Å². The van der Waals surface area contributed by atoms with E-state index in [1.807, 2.05) is 0 Å². The normalized spacial score (nSPS) is 11.7. The number of rotatable bonds is 5. The van der Waals surface area contributed by atoms with E-state index in [1.165, 1.54) is 25.2 Å². The van der Waals surface area contributed by atoms with Crippen molar-refractivity contribution in [2.75, 3.05) is 18.9 Å². The molecule has 0 fully saturated rings.